The highest BCUT2D eigenvalue weighted by atomic mass is 31.2. The van der Waals surface area contributed by atoms with E-state index in [9.17, 15) is 19.0 Å². The van der Waals surface area contributed by atoms with Crippen molar-refractivity contribution >= 4 is 7.82 Å². The monoisotopic (exact) mass is 672 g/mol. The largest absolute Gasteiger partial charge is 0.472 e. The lowest BCUT2D eigenvalue weighted by Gasteiger charge is -2.58. The van der Waals surface area contributed by atoms with Crippen LogP contribution in [0.5, 0.6) is 0 Å². The van der Waals surface area contributed by atoms with Gasteiger partial charge in [0.05, 0.1) is 12.7 Å². The highest BCUT2D eigenvalue weighted by Crippen LogP contribution is 2.67. The number of aryl methyl sites for hydroxylation is 1. The average Bonchev–Trinajstić information content (AvgIpc) is 3.62. The van der Waals surface area contributed by atoms with Crippen molar-refractivity contribution in [1.29, 1.82) is 0 Å². The lowest BCUT2D eigenvalue weighted by atomic mass is 9.47. The zero-order valence-corrected chi connectivity index (χ0v) is 30.2. The van der Waals surface area contributed by atoms with Crippen molar-refractivity contribution in [3.63, 3.8) is 0 Å². The van der Waals surface area contributed by atoms with E-state index in [1.807, 2.05) is 0 Å². The number of aromatic nitrogens is 2. The summed E-state index contributed by atoms with van der Waals surface area (Å²) in [7, 11) is -4.34. The highest BCUT2D eigenvalue weighted by molar-refractivity contribution is 7.47. The molecule has 0 spiro atoms. The van der Waals surface area contributed by atoms with E-state index in [2.05, 4.69) is 45.7 Å². The molecule has 1 unspecified atom stereocenters. The van der Waals surface area contributed by atoms with Gasteiger partial charge >= 0.3 is 13.5 Å². The SMILES string of the molecule is Cc1cn([C@H]2C=C[C@@H](COP(=O)(O)O[C@H]3CC[C@@]4(C)C(=CC[C@H]5[C@@H]6CC[C@H]([C@H](C)CCCC(C)C)[C@@]6(C)CC[C@@H]54)C3)O2)c(=O)[nH]c1=O. The molecule has 0 radical (unpaired) electrons. The molecule has 0 saturated heterocycles. The normalized spacial score (nSPS) is 38.4. The number of nitrogens with zero attached hydrogens (tertiary/aromatic N) is 1. The minimum absolute atomic E-state index is 0.126. The zero-order chi connectivity index (χ0) is 33.7. The summed E-state index contributed by atoms with van der Waals surface area (Å²) in [6.45, 7) is 13.7. The molecule has 1 aromatic rings. The van der Waals surface area contributed by atoms with E-state index >= 15 is 0 Å². The Morgan fingerprint density at radius 3 is 2.64 bits per heavy atom. The summed E-state index contributed by atoms with van der Waals surface area (Å²) in [6.07, 6.45) is 18.4. The summed E-state index contributed by atoms with van der Waals surface area (Å²) in [4.78, 5) is 36.9. The first-order chi connectivity index (χ1) is 22.2. The van der Waals surface area contributed by atoms with E-state index in [0.29, 0.717) is 23.3 Å². The molecule has 47 heavy (non-hydrogen) atoms. The second-order valence-corrected chi connectivity index (χ2v) is 17.9. The topological polar surface area (TPSA) is 120 Å². The number of phosphoric acid groups is 1. The number of fused-ring (bicyclic) bond motifs is 5. The number of H-pyrrole nitrogens is 1. The first-order valence-electron chi connectivity index (χ1n) is 18.2. The van der Waals surface area contributed by atoms with E-state index in [4.69, 9.17) is 13.8 Å². The van der Waals surface area contributed by atoms with Gasteiger partial charge in [-0.1, -0.05) is 71.6 Å². The molecule has 1 aliphatic heterocycles. The van der Waals surface area contributed by atoms with Crippen LogP contribution in [-0.4, -0.2) is 33.3 Å². The maximum absolute atomic E-state index is 13.1. The number of rotatable bonds is 11. The van der Waals surface area contributed by atoms with Crippen LogP contribution in [0.3, 0.4) is 0 Å². The predicted octanol–water partition coefficient (Wildman–Crippen LogP) is 7.84. The van der Waals surface area contributed by atoms with Crippen molar-refractivity contribution < 1.29 is 23.2 Å². The lowest BCUT2D eigenvalue weighted by molar-refractivity contribution is -0.0581. The van der Waals surface area contributed by atoms with Crippen LogP contribution in [0.25, 0.3) is 0 Å². The van der Waals surface area contributed by atoms with E-state index in [1.54, 1.807) is 19.1 Å². The summed E-state index contributed by atoms with van der Waals surface area (Å²) in [5.74, 6) is 4.64. The van der Waals surface area contributed by atoms with Crippen LogP contribution < -0.4 is 11.2 Å². The van der Waals surface area contributed by atoms with Crippen LogP contribution in [0.4, 0.5) is 0 Å². The molecule has 4 aliphatic carbocycles. The Morgan fingerprint density at radius 2 is 1.87 bits per heavy atom. The van der Waals surface area contributed by atoms with Crippen LogP contribution in [0.15, 0.2) is 39.6 Å². The third-order valence-electron chi connectivity index (χ3n) is 13.2. The van der Waals surface area contributed by atoms with Crippen LogP contribution in [0, 0.1) is 53.3 Å². The van der Waals surface area contributed by atoms with Gasteiger partial charge in [0.25, 0.3) is 5.56 Å². The second-order valence-electron chi connectivity index (χ2n) is 16.5. The second kappa shape index (κ2) is 13.5. The molecule has 3 saturated carbocycles. The molecule has 11 atom stereocenters. The third-order valence-corrected chi connectivity index (χ3v) is 14.2. The third kappa shape index (κ3) is 6.99. The van der Waals surface area contributed by atoms with E-state index in [-0.39, 0.29) is 18.1 Å². The Balaban J connectivity index is 1.03. The van der Waals surface area contributed by atoms with E-state index in [1.165, 1.54) is 61.3 Å². The summed E-state index contributed by atoms with van der Waals surface area (Å²) >= 11 is 0. The molecular weight excluding hydrogens is 615 g/mol. The maximum atomic E-state index is 13.1. The first-order valence-corrected chi connectivity index (χ1v) is 19.7. The molecule has 3 fully saturated rings. The van der Waals surface area contributed by atoms with Gasteiger partial charge in [0.2, 0.25) is 0 Å². The molecule has 0 amide bonds. The van der Waals surface area contributed by atoms with Crippen molar-refractivity contribution in [2.24, 2.45) is 46.3 Å². The van der Waals surface area contributed by atoms with Gasteiger partial charge in [0, 0.05) is 11.8 Å². The van der Waals surface area contributed by atoms with E-state index < -0.39 is 31.4 Å². The Morgan fingerprint density at radius 1 is 1.09 bits per heavy atom. The molecule has 262 valence electrons. The smallest absolute Gasteiger partial charge is 0.344 e. The van der Waals surface area contributed by atoms with Crippen LogP contribution in [-0.2, 0) is 18.3 Å². The van der Waals surface area contributed by atoms with Gasteiger partial charge in [0.1, 0.15) is 6.10 Å². The Labute approximate surface area is 280 Å². The fourth-order valence-electron chi connectivity index (χ4n) is 10.6. The highest BCUT2D eigenvalue weighted by Gasteiger charge is 2.59. The number of allylic oxidation sites excluding steroid dienone is 1. The average molecular weight is 673 g/mol. The fourth-order valence-corrected chi connectivity index (χ4v) is 11.6. The number of hydrogen-bond donors (Lipinski definition) is 2. The van der Waals surface area contributed by atoms with Crippen molar-refractivity contribution in [2.45, 2.75) is 131 Å². The molecule has 5 aliphatic rings. The summed E-state index contributed by atoms with van der Waals surface area (Å²) < 4.78 is 31.3. The Bertz CT molecular complexity index is 1530. The van der Waals surface area contributed by atoms with Crippen molar-refractivity contribution in [3.05, 3.63) is 56.4 Å². The van der Waals surface area contributed by atoms with Crippen molar-refractivity contribution in [3.8, 4) is 0 Å². The number of hydrogen-bond acceptors (Lipinski definition) is 6. The van der Waals surface area contributed by atoms with Gasteiger partial charge in [-0.3, -0.25) is 23.4 Å². The summed E-state index contributed by atoms with van der Waals surface area (Å²) in [5.41, 5.74) is 1.34. The Hall–Kier alpha value is -1.77. The predicted molar refractivity (Wildman–Crippen MR) is 183 cm³/mol. The maximum Gasteiger partial charge on any atom is 0.472 e. The number of aromatic amines is 1. The summed E-state index contributed by atoms with van der Waals surface area (Å²) in [6, 6.07) is 0. The van der Waals surface area contributed by atoms with E-state index in [0.717, 1.165) is 48.9 Å². The molecule has 0 aromatic carbocycles. The number of ether oxygens (including phenoxy) is 1. The molecule has 0 bridgehead atoms. The molecular formula is C37H57N2O7P. The standard InChI is InChI=1S/C37H57N2O7P/c1-23(2)8-7-9-24(3)30-13-14-31-29-12-10-26-20-27(16-18-36(26,5)32(29)17-19-37(30,31)6)46-47(42,43)44-22-28-11-15-33(45-28)39-21-25(4)34(40)38-35(39)41/h10-11,15,21,23-24,27-33H,7-9,12-14,16-20,22H2,1-6H3,(H,42,43)(H,38,40,41)/t24-,27+,28+,29+,30-,31+,32+,33-,36+,37-/m1/s1. The van der Waals surface area contributed by atoms with Crippen LogP contribution in [0.2, 0.25) is 0 Å². The zero-order valence-electron chi connectivity index (χ0n) is 29.3. The fraction of sp³-hybridized carbons (Fsp3) is 0.784. The molecule has 10 heteroatoms. The molecule has 9 nitrogen and oxygen atoms in total. The summed E-state index contributed by atoms with van der Waals surface area (Å²) in [5, 5.41) is 0. The Kier molecular flexibility index (Phi) is 10.1. The first kappa shape index (κ1) is 35.1. The molecule has 2 N–H and O–H groups in total. The lowest BCUT2D eigenvalue weighted by Crippen LogP contribution is -2.51. The number of phosphoric ester groups is 1. The number of nitrogens with one attached hydrogen (secondary N) is 1. The van der Waals surface area contributed by atoms with Gasteiger partial charge in [0.15, 0.2) is 6.23 Å². The van der Waals surface area contributed by atoms with Gasteiger partial charge in [-0.05, 0) is 111 Å². The van der Waals surface area contributed by atoms with Gasteiger partial charge in [-0.2, -0.15) is 0 Å². The van der Waals surface area contributed by atoms with Gasteiger partial charge in [-0.15, -0.1) is 0 Å². The molecule has 2 heterocycles. The molecule has 6 rings (SSSR count). The van der Waals surface area contributed by atoms with Crippen molar-refractivity contribution in [1.82, 2.24) is 9.55 Å². The van der Waals surface area contributed by atoms with Crippen LogP contribution in [0.1, 0.15) is 117 Å². The molecule has 1 aromatic heterocycles. The van der Waals surface area contributed by atoms with Crippen LogP contribution >= 0.6 is 7.82 Å². The van der Waals surface area contributed by atoms with Crippen molar-refractivity contribution in [2.75, 3.05) is 6.61 Å². The van der Waals surface area contributed by atoms with Gasteiger partial charge < -0.3 is 9.63 Å². The van der Waals surface area contributed by atoms with Gasteiger partial charge in [-0.25, -0.2) is 9.36 Å². The quantitative estimate of drug-likeness (QED) is 0.182. The minimum atomic E-state index is -4.34. The minimum Gasteiger partial charge on any atom is -0.344 e.